The molecule has 1 N–H and O–H groups in total. The Morgan fingerprint density at radius 3 is 2.53 bits per heavy atom. The van der Waals surface area contributed by atoms with E-state index < -0.39 is 36.2 Å². The number of hydrogen-bond donors (Lipinski definition) is 1. The molecule has 1 rings (SSSR count). The molecular formula is C13H23F2NO3. The van der Waals surface area contributed by atoms with E-state index >= 15 is 0 Å². The Morgan fingerprint density at radius 2 is 2.11 bits per heavy atom. The van der Waals surface area contributed by atoms with Gasteiger partial charge in [0.15, 0.2) is 0 Å². The molecule has 0 aromatic rings. The van der Waals surface area contributed by atoms with E-state index in [1.54, 1.807) is 27.7 Å². The molecule has 112 valence electrons. The summed E-state index contributed by atoms with van der Waals surface area (Å²) in [5.41, 5.74) is -0.702. The van der Waals surface area contributed by atoms with E-state index in [1.807, 2.05) is 0 Å². The van der Waals surface area contributed by atoms with E-state index in [-0.39, 0.29) is 19.4 Å². The topological polar surface area (TPSA) is 49.8 Å². The molecule has 1 fully saturated rings. The number of rotatable bonds is 2. The van der Waals surface area contributed by atoms with Crippen LogP contribution in [0.5, 0.6) is 0 Å². The highest BCUT2D eigenvalue weighted by molar-refractivity contribution is 5.68. The third-order valence-electron chi connectivity index (χ3n) is 3.19. The molecule has 0 aliphatic carbocycles. The molecule has 1 aliphatic rings. The molecule has 19 heavy (non-hydrogen) atoms. The zero-order chi connectivity index (χ0) is 14.8. The summed E-state index contributed by atoms with van der Waals surface area (Å²) in [6.45, 7) is 6.24. The highest BCUT2D eigenvalue weighted by atomic mass is 19.3. The Balaban J connectivity index is 2.68. The van der Waals surface area contributed by atoms with Gasteiger partial charge in [0, 0.05) is 6.54 Å². The van der Waals surface area contributed by atoms with E-state index in [0.29, 0.717) is 0 Å². The second-order valence-electron chi connectivity index (χ2n) is 6.03. The molecule has 6 heteroatoms. The fourth-order valence-electron chi connectivity index (χ4n) is 2.20. The summed E-state index contributed by atoms with van der Waals surface area (Å²) < 4.78 is 33.0. The van der Waals surface area contributed by atoms with Gasteiger partial charge in [-0.15, -0.1) is 0 Å². The summed E-state index contributed by atoms with van der Waals surface area (Å²) >= 11 is 0. The smallest absolute Gasteiger partial charge is 0.410 e. The fourth-order valence-corrected chi connectivity index (χ4v) is 2.20. The molecule has 0 aromatic heterocycles. The standard InChI is InChI=1S/C13H23F2NO3/c1-5-10(17)9-6-7-16(8-13(9,14)15)11(18)19-12(2,3)4/h9-10,17H,5-8H2,1-4H3. The zero-order valence-electron chi connectivity index (χ0n) is 11.9. The Labute approximate surface area is 112 Å². The van der Waals surface area contributed by atoms with Crippen LogP contribution in [0, 0.1) is 5.92 Å². The average Bonchev–Trinajstić information content (AvgIpc) is 2.24. The number of hydrogen-bond acceptors (Lipinski definition) is 3. The normalized spacial score (nSPS) is 25.0. The van der Waals surface area contributed by atoms with Crippen molar-refractivity contribution in [3.05, 3.63) is 0 Å². The zero-order valence-corrected chi connectivity index (χ0v) is 11.9. The summed E-state index contributed by atoms with van der Waals surface area (Å²) in [7, 11) is 0. The van der Waals surface area contributed by atoms with Gasteiger partial charge >= 0.3 is 6.09 Å². The monoisotopic (exact) mass is 279 g/mol. The summed E-state index contributed by atoms with van der Waals surface area (Å²) in [6, 6.07) is 0. The minimum atomic E-state index is -3.08. The third-order valence-corrected chi connectivity index (χ3v) is 3.19. The van der Waals surface area contributed by atoms with Crippen molar-refractivity contribution >= 4 is 6.09 Å². The maximum atomic E-state index is 13.9. The van der Waals surface area contributed by atoms with Gasteiger partial charge in [0.2, 0.25) is 0 Å². The molecule has 0 radical (unpaired) electrons. The molecule has 2 unspecified atom stereocenters. The lowest BCUT2D eigenvalue weighted by molar-refractivity contribution is -0.144. The van der Waals surface area contributed by atoms with E-state index in [0.717, 1.165) is 4.90 Å². The number of amides is 1. The van der Waals surface area contributed by atoms with E-state index in [1.165, 1.54) is 0 Å². The third kappa shape index (κ3) is 4.30. The second-order valence-corrected chi connectivity index (χ2v) is 6.03. The lowest BCUT2D eigenvalue weighted by atomic mass is 9.87. The first kappa shape index (κ1) is 16.1. The van der Waals surface area contributed by atoms with E-state index in [4.69, 9.17) is 4.74 Å². The fraction of sp³-hybridized carbons (Fsp3) is 0.923. The molecule has 1 aliphatic heterocycles. The number of carbonyl (C=O) groups is 1. The summed E-state index contributed by atoms with van der Waals surface area (Å²) in [5, 5.41) is 9.61. The van der Waals surface area contributed by atoms with Crippen LogP contribution in [0.15, 0.2) is 0 Å². The average molecular weight is 279 g/mol. The quantitative estimate of drug-likeness (QED) is 0.845. The summed E-state index contributed by atoms with van der Waals surface area (Å²) in [6.07, 6.45) is -1.39. The number of alkyl halides is 2. The van der Waals surface area contributed by atoms with Crippen molar-refractivity contribution in [1.29, 1.82) is 0 Å². The van der Waals surface area contributed by atoms with Crippen molar-refractivity contribution in [3.63, 3.8) is 0 Å². The predicted molar refractivity (Wildman–Crippen MR) is 67.2 cm³/mol. The van der Waals surface area contributed by atoms with Gasteiger partial charge in [-0.2, -0.15) is 0 Å². The summed E-state index contributed by atoms with van der Waals surface area (Å²) in [4.78, 5) is 12.8. The van der Waals surface area contributed by atoms with Crippen LogP contribution in [0.4, 0.5) is 13.6 Å². The predicted octanol–water partition coefficient (Wildman–Crippen LogP) is 2.65. The minimum Gasteiger partial charge on any atom is -0.444 e. The molecule has 0 aromatic carbocycles. The van der Waals surface area contributed by atoms with Gasteiger partial charge < -0.3 is 14.7 Å². The number of aliphatic hydroxyl groups excluding tert-OH is 1. The first-order chi connectivity index (χ1) is 8.57. The van der Waals surface area contributed by atoms with Gasteiger partial charge in [-0.3, -0.25) is 0 Å². The van der Waals surface area contributed by atoms with E-state index in [9.17, 15) is 18.7 Å². The van der Waals surface area contributed by atoms with Gasteiger partial charge in [0.05, 0.1) is 18.6 Å². The Hall–Kier alpha value is -0.910. The molecule has 1 amide bonds. The number of nitrogens with zero attached hydrogens (tertiary/aromatic N) is 1. The number of aliphatic hydroxyl groups is 1. The molecule has 0 spiro atoms. The molecule has 1 saturated heterocycles. The van der Waals surface area contributed by atoms with Crippen molar-refractivity contribution in [3.8, 4) is 0 Å². The van der Waals surface area contributed by atoms with Gasteiger partial charge in [-0.1, -0.05) is 6.92 Å². The highest BCUT2D eigenvalue weighted by Crippen LogP contribution is 2.36. The Bertz CT molecular complexity index is 328. The van der Waals surface area contributed by atoms with Crippen LogP contribution in [0.2, 0.25) is 0 Å². The van der Waals surface area contributed by atoms with Crippen molar-refractivity contribution < 1.29 is 23.4 Å². The molecule has 4 nitrogen and oxygen atoms in total. The van der Waals surface area contributed by atoms with Crippen LogP contribution in [0.1, 0.15) is 40.5 Å². The lowest BCUT2D eigenvalue weighted by Gasteiger charge is -2.40. The molecule has 1 heterocycles. The van der Waals surface area contributed by atoms with Crippen molar-refractivity contribution in [2.24, 2.45) is 5.92 Å². The first-order valence-electron chi connectivity index (χ1n) is 6.60. The second kappa shape index (κ2) is 5.61. The maximum Gasteiger partial charge on any atom is 0.410 e. The molecular weight excluding hydrogens is 256 g/mol. The Kier molecular flexibility index (Phi) is 4.76. The van der Waals surface area contributed by atoms with Crippen LogP contribution in [-0.4, -0.2) is 46.8 Å². The highest BCUT2D eigenvalue weighted by Gasteiger charge is 2.49. The maximum absolute atomic E-state index is 13.9. The van der Waals surface area contributed by atoms with Crippen LogP contribution in [0.25, 0.3) is 0 Å². The van der Waals surface area contributed by atoms with Gasteiger partial charge in [0.25, 0.3) is 5.92 Å². The molecule has 0 saturated carbocycles. The van der Waals surface area contributed by atoms with Gasteiger partial charge in [0.1, 0.15) is 5.60 Å². The SMILES string of the molecule is CCC(O)C1CCN(C(=O)OC(C)(C)C)CC1(F)F. The van der Waals surface area contributed by atoms with Gasteiger partial charge in [-0.25, -0.2) is 13.6 Å². The number of carbonyl (C=O) groups excluding carboxylic acids is 1. The number of halogens is 2. The largest absolute Gasteiger partial charge is 0.444 e. The minimum absolute atomic E-state index is 0.0846. The van der Waals surface area contributed by atoms with Crippen molar-refractivity contribution in [1.82, 2.24) is 4.90 Å². The van der Waals surface area contributed by atoms with Crippen molar-refractivity contribution in [2.75, 3.05) is 13.1 Å². The summed E-state index contributed by atoms with van der Waals surface area (Å²) in [5.74, 6) is -4.17. The molecule has 0 bridgehead atoms. The first-order valence-corrected chi connectivity index (χ1v) is 6.60. The lowest BCUT2D eigenvalue weighted by Crippen LogP contribution is -2.54. The van der Waals surface area contributed by atoms with Crippen LogP contribution in [-0.2, 0) is 4.74 Å². The van der Waals surface area contributed by atoms with Crippen LogP contribution < -0.4 is 0 Å². The number of piperidine rings is 1. The van der Waals surface area contributed by atoms with Crippen LogP contribution in [0.3, 0.4) is 0 Å². The van der Waals surface area contributed by atoms with Crippen molar-refractivity contribution in [2.45, 2.75) is 58.2 Å². The van der Waals surface area contributed by atoms with Crippen LogP contribution >= 0.6 is 0 Å². The molecule has 2 atom stereocenters. The number of ether oxygens (including phenoxy) is 1. The Morgan fingerprint density at radius 1 is 1.53 bits per heavy atom. The number of likely N-dealkylation sites (tertiary alicyclic amines) is 1. The van der Waals surface area contributed by atoms with E-state index in [2.05, 4.69) is 0 Å². The van der Waals surface area contributed by atoms with Gasteiger partial charge in [-0.05, 0) is 33.6 Å².